The number of rotatable bonds is 12. The number of carbonyl (C=O) groups excluding carboxylic acids is 3. The van der Waals surface area contributed by atoms with E-state index in [1.54, 1.807) is 11.4 Å². The summed E-state index contributed by atoms with van der Waals surface area (Å²) in [7, 11) is 1.52. The number of hydrogen-bond donors (Lipinski definition) is 2. The second-order valence-corrected chi connectivity index (χ2v) is 11.5. The number of nitrogens with zero attached hydrogens (tertiary/aromatic N) is 3. The van der Waals surface area contributed by atoms with Gasteiger partial charge in [-0.2, -0.15) is 0 Å². The van der Waals surface area contributed by atoms with Crippen molar-refractivity contribution in [3.8, 4) is 0 Å². The van der Waals surface area contributed by atoms with Gasteiger partial charge in [-0.15, -0.1) is 11.3 Å². The summed E-state index contributed by atoms with van der Waals surface area (Å²) in [5.41, 5.74) is 2.18. The molecule has 2 heterocycles. The molecule has 0 atom stereocenters. The first kappa shape index (κ1) is 30.9. The molecule has 0 bridgehead atoms. The van der Waals surface area contributed by atoms with E-state index in [9.17, 15) is 14.4 Å². The molecule has 1 aliphatic heterocycles. The van der Waals surface area contributed by atoms with Crippen LogP contribution in [0.5, 0.6) is 0 Å². The molecule has 3 amide bonds. The van der Waals surface area contributed by atoms with Gasteiger partial charge in [0, 0.05) is 50.3 Å². The van der Waals surface area contributed by atoms with Crippen molar-refractivity contribution in [2.75, 3.05) is 45.2 Å². The second-order valence-electron chi connectivity index (χ2n) is 9.82. The van der Waals surface area contributed by atoms with Gasteiger partial charge in [-0.05, 0) is 36.6 Å². The third kappa shape index (κ3) is 9.51. The van der Waals surface area contributed by atoms with Crippen LogP contribution in [0.15, 0.2) is 53.9 Å². The van der Waals surface area contributed by atoms with Gasteiger partial charge in [0.05, 0.1) is 28.8 Å². The van der Waals surface area contributed by atoms with Gasteiger partial charge < -0.3 is 20.3 Å². The van der Waals surface area contributed by atoms with Crippen LogP contribution < -0.4 is 10.6 Å². The molecule has 3 aromatic rings. The Morgan fingerprint density at radius 2 is 1.83 bits per heavy atom. The highest BCUT2D eigenvalue weighted by molar-refractivity contribution is 7.13. The first-order chi connectivity index (χ1) is 19.8. The maximum atomic E-state index is 13.0. The predicted octanol–water partition coefficient (Wildman–Crippen LogP) is 4.50. The first-order valence-electron chi connectivity index (χ1n) is 13.3. The van der Waals surface area contributed by atoms with Crippen LogP contribution in [0.25, 0.3) is 0 Å². The van der Waals surface area contributed by atoms with Crippen LogP contribution >= 0.6 is 34.5 Å². The fourth-order valence-electron chi connectivity index (χ4n) is 4.56. The van der Waals surface area contributed by atoms with Gasteiger partial charge in [0.15, 0.2) is 5.13 Å². The molecule has 0 radical (unpaired) electrons. The number of benzene rings is 2. The molecule has 12 heteroatoms. The van der Waals surface area contributed by atoms with Crippen molar-refractivity contribution >= 4 is 57.4 Å². The molecule has 1 fully saturated rings. The lowest BCUT2D eigenvalue weighted by Gasteiger charge is -2.32. The Morgan fingerprint density at radius 1 is 1.07 bits per heavy atom. The smallest absolute Gasteiger partial charge is 0.254 e. The maximum Gasteiger partial charge on any atom is 0.254 e. The van der Waals surface area contributed by atoms with Gasteiger partial charge in [-0.3, -0.25) is 19.3 Å². The average Bonchev–Trinajstić information content (AvgIpc) is 3.39. The summed E-state index contributed by atoms with van der Waals surface area (Å²) in [5.74, 6) is -0.882. The van der Waals surface area contributed by atoms with Crippen molar-refractivity contribution in [2.45, 2.75) is 31.8 Å². The Morgan fingerprint density at radius 3 is 2.54 bits per heavy atom. The van der Waals surface area contributed by atoms with E-state index in [4.69, 9.17) is 27.9 Å². The molecular formula is C29H33Cl2N5O4S. The zero-order valence-corrected chi connectivity index (χ0v) is 25.1. The van der Waals surface area contributed by atoms with Crippen molar-refractivity contribution in [1.82, 2.24) is 20.1 Å². The number of halogens is 2. The van der Waals surface area contributed by atoms with Crippen molar-refractivity contribution in [2.24, 2.45) is 0 Å². The zero-order valence-electron chi connectivity index (χ0n) is 22.8. The van der Waals surface area contributed by atoms with Crippen LogP contribution in [0.4, 0.5) is 5.13 Å². The Labute approximate surface area is 253 Å². The lowest BCUT2D eigenvalue weighted by atomic mass is 10.0. The third-order valence-electron chi connectivity index (χ3n) is 6.70. The Hall–Kier alpha value is -3.02. The summed E-state index contributed by atoms with van der Waals surface area (Å²) < 4.78 is 5.10. The fraction of sp³-hybridized carbons (Fsp3) is 0.379. The topological polar surface area (TPSA) is 104 Å². The van der Waals surface area contributed by atoms with Crippen LogP contribution in [0, 0.1) is 0 Å². The number of carbonyl (C=O) groups is 3. The highest BCUT2D eigenvalue weighted by Crippen LogP contribution is 2.23. The molecule has 0 spiro atoms. The number of ether oxygens (including phenoxy) is 1. The maximum absolute atomic E-state index is 13.0. The standard InChI is InChI=1S/C29H33Cl2N5O4S/c1-40-14-13-36(28(39)21-7-8-24(30)25(31)15-21)18-27(38)34-29-33-23(19-41-29)16-26(37)32-22-9-11-35(12-10-22)17-20-5-3-2-4-6-20/h2-8,15,19,22H,9-14,16-18H2,1H3,(H,32,37)(H,33,34,38). The number of nitrogens with one attached hydrogen (secondary N) is 2. The number of amides is 3. The van der Waals surface area contributed by atoms with E-state index in [1.807, 2.05) is 6.07 Å². The molecule has 218 valence electrons. The minimum atomic E-state index is -0.415. The quantitative estimate of drug-likeness (QED) is 0.310. The van der Waals surface area contributed by atoms with Gasteiger partial charge >= 0.3 is 0 Å². The van der Waals surface area contributed by atoms with Gasteiger partial charge in [0.25, 0.3) is 5.91 Å². The van der Waals surface area contributed by atoms with E-state index in [-0.39, 0.29) is 49.0 Å². The van der Waals surface area contributed by atoms with Crippen molar-refractivity contribution < 1.29 is 19.1 Å². The highest BCUT2D eigenvalue weighted by Gasteiger charge is 2.22. The number of aromatic nitrogens is 1. The molecule has 0 unspecified atom stereocenters. The normalized spacial score (nSPS) is 14.0. The summed E-state index contributed by atoms with van der Waals surface area (Å²) in [4.78, 5) is 46.6. The molecule has 0 aliphatic carbocycles. The summed E-state index contributed by atoms with van der Waals surface area (Å²) >= 11 is 13.3. The zero-order chi connectivity index (χ0) is 29.2. The lowest BCUT2D eigenvalue weighted by Crippen LogP contribution is -2.44. The minimum absolute atomic E-state index is 0.0901. The van der Waals surface area contributed by atoms with E-state index in [0.29, 0.717) is 21.4 Å². The number of anilines is 1. The molecular weight excluding hydrogens is 585 g/mol. The van der Waals surface area contributed by atoms with Gasteiger partial charge in [0.2, 0.25) is 11.8 Å². The molecule has 4 rings (SSSR count). The van der Waals surface area contributed by atoms with E-state index in [0.717, 1.165) is 32.5 Å². The van der Waals surface area contributed by atoms with Crippen molar-refractivity contribution in [1.29, 1.82) is 0 Å². The summed E-state index contributed by atoms with van der Waals surface area (Å²) in [6.45, 7) is 3.03. The molecule has 0 saturated carbocycles. The fourth-order valence-corrected chi connectivity index (χ4v) is 5.59. The molecule has 1 aromatic heterocycles. The van der Waals surface area contributed by atoms with Crippen molar-refractivity contribution in [3.63, 3.8) is 0 Å². The monoisotopic (exact) mass is 617 g/mol. The van der Waals surface area contributed by atoms with Crippen LogP contribution in [-0.4, -0.2) is 78.4 Å². The molecule has 2 aromatic carbocycles. The largest absolute Gasteiger partial charge is 0.383 e. The molecule has 1 saturated heterocycles. The SMILES string of the molecule is COCCN(CC(=O)Nc1nc(CC(=O)NC2CCN(Cc3ccccc3)CC2)cs1)C(=O)c1ccc(Cl)c(Cl)c1. The van der Waals surface area contributed by atoms with E-state index in [1.165, 1.54) is 41.0 Å². The Bertz CT molecular complexity index is 1330. The van der Waals surface area contributed by atoms with Crippen LogP contribution in [-0.2, 0) is 27.3 Å². The van der Waals surface area contributed by atoms with E-state index < -0.39 is 5.91 Å². The van der Waals surface area contributed by atoms with E-state index >= 15 is 0 Å². The van der Waals surface area contributed by atoms with Crippen LogP contribution in [0.2, 0.25) is 10.0 Å². The van der Waals surface area contributed by atoms with Gasteiger partial charge in [-0.25, -0.2) is 4.98 Å². The first-order valence-corrected chi connectivity index (χ1v) is 15.0. The second kappa shape index (κ2) is 15.3. The summed E-state index contributed by atoms with van der Waals surface area (Å²) in [6.07, 6.45) is 1.93. The number of likely N-dealkylation sites (tertiary alicyclic amines) is 1. The minimum Gasteiger partial charge on any atom is -0.383 e. The van der Waals surface area contributed by atoms with Crippen LogP contribution in [0.1, 0.15) is 34.5 Å². The third-order valence-corrected chi connectivity index (χ3v) is 8.24. The molecule has 41 heavy (non-hydrogen) atoms. The molecule has 9 nitrogen and oxygen atoms in total. The van der Waals surface area contributed by atoms with E-state index in [2.05, 4.69) is 44.8 Å². The Kier molecular flexibility index (Phi) is 11.5. The Balaban J connectivity index is 1.23. The number of thiazole rings is 1. The summed E-state index contributed by atoms with van der Waals surface area (Å²) in [6, 6.07) is 15.1. The number of hydrogen-bond acceptors (Lipinski definition) is 7. The van der Waals surface area contributed by atoms with Crippen molar-refractivity contribution in [3.05, 3.63) is 80.8 Å². The van der Waals surface area contributed by atoms with Crippen LogP contribution in [0.3, 0.4) is 0 Å². The number of methoxy groups -OCH3 is 1. The predicted molar refractivity (Wildman–Crippen MR) is 162 cm³/mol. The molecule has 1 aliphatic rings. The van der Waals surface area contributed by atoms with Gasteiger partial charge in [0.1, 0.15) is 6.54 Å². The highest BCUT2D eigenvalue weighted by atomic mass is 35.5. The lowest BCUT2D eigenvalue weighted by molar-refractivity contribution is -0.121. The average molecular weight is 619 g/mol. The number of piperidine rings is 1. The van der Waals surface area contributed by atoms with Gasteiger partial charge in [-0.1, -0.05) is 53.5 Å². The molecule has 2 N–H and O–H groups in total. The summed E-state index contributed by atoms with van der Waals surface area (Å²) in [5, 5.41) is 8.55.